The van der Waals surface area contributed by atoms with E-state index < -0.39 is 0 Å². The highest BCUT2D eigenvalue weighted by Gasteiger charge is 2.09. The van der Waals surface area contributed by atoms with Crippen molar-refractivity contribution in [3.8, 4) is 11.8 Å². The number of hydrogen-bond donors (Lipinski definition) is 0. The fourth-order valence-corrected chi connectivity index (χ4v) is 2.50. The minimum absolute atomic E-state index is 0.377. The molecule has 0 unspecified atom stereocenters. The Morgan fingerprint density at radius 3 is 2.50 bits per heavy atom. The molecule has 0 aliphatic carbocycles. The second-order valence-corrected chi connectivity index (χ2v) is 5.33. The Hall–Kier alpha value is -1.98. The minimum atomic E-state index is 0.377. The summed E-state index contributed by atoms with van der Waals surface area (Å²) in [5, 5.41) is 0. The lowest BCUT2D eigenvalue weighted by atomic mass is 10.1. The Bertz CT molecular complexity index is 554. The Labute approximate surface area is 130 Å². The Morgan fingerprint density at radius 1 is 1.05 bits per heavy atom. The lowest BCUT2D eigenvalue weighted by Crippen LogP contribution is -2.36. The maximum absolute atomic E-state index is 5.59. The summed E-state index contributed by atoms with van der Waals surface area (Å²) >= 11 is 0. The van der Waals surface area contributed by atoms with Gasteiger partial charge in [0.1, 0.15) is 5.75 Å². The molecule has 1 fully saturated rings. The van der Waals surface area contributed by atoms with E-state index in [4.69, 9.17) is 9.47 Å². The molecule has 2 aromatic rings. The van der Waals surface area contributed by atoms with Gasteiger partial charge in [0.25, 0.3) is 0 Å². The summed E-state index contributed by atoms with van der Waals surface area (Å²) in [7, 11) is 0. The quantitative estimate of drug-likeness (QED) is 0.820. The van der Waals surface area contributed by atoms with E-state index in [-0.39, 0.29) is 0 Å². The summed E-state index contributed by atoms with van der Waals surface area (Å²) < 4.78 is 10.9. The van der Waals surface area contributed by atoms with Gasteiger partial charge in [0.05, 0.1) is 13.2 Å². The molecular formula is C17H21N3O2. The average molecular weight is 299 g/mol. The molecule has 0 spiro atoms. The zero-order valence-corrected chi connectivity index (χ0v) is 12.6. The summed E-state index contributed by atoms with van der Waals surface area (Å²) in [5.74, 6) is 0.767. The van der Waals surface area contributed by atoms with Crippen molar-refractivity contribution in [2.45, 2.75) is 12.8 Å². The van der Waals surface area contributed by atoms with E-state index >= 15 is 0 Å². The molecule has 0 amide bonds. The van der Waals surface area contributed by atoms with Crippen LogP contribution < -0.4 is 4.74 Å². The molecule has 1 aliphatic rings. The van der Waals surface area contributed by atoms with Gasteiger partial charge in [-0.25, -0.2) is 9.97 Å². The van der Waals surface area contributed by atoms with Crippen molar-refractivity contribution in [2.75, 3.05) is 32.8 Å². The minimum Gasteiger partial charge on any atom is -0.424 e. The third kappa shape index (κ3) is 4.51. The number of nitrogens with zero attached hydrogens (tertiary/aromatic N) is 3. The number of aromatic nitrogens is 2. The summed E-state index contributed by atoms with van der Waals surface area (Å²) in [6.45, 7) is 4.99. The normalized spacial score (nSPS) is 15.6. The third-order valence-electron chi connectivity index (χ3n) is 3.72. The maximum Gasteiger partial charge on any atom is 0.321 e. The standard InChI is InChI=1S/C17H21N3O2/c1(10-20-11-13-21-14-12-20)3-15-4-6-16(7-5-15)22-17-18-8-2-9-19-17/h2,4-9H,1,3,10-14H2. The molecule has 1 aromatic carbocycles. The van der Waals surface area contributed by atoms with Gasteiger partial charge in [-0.15, -0.1) is 0 Å². The lowest BCUT2D eigenvalue weighted by Gasteiger charge is -2.26. The molecule has 0 bridgehead atoms. The van der Waals surface area contributed by atoms with Crippen LogP contribution >= 0.6 is 0 Å². The fraction of sp³-hybridized carbons (Fsp3) is 0.412. The van der Waals surface area contributed by atoms with Crippen LogP contribution in [-0.4, -0.2) is 47.7 Å². The van der Waals surface area contributed by atoms with Gasteiger partial charge in [-0.3, -0.25) is 4.90 Å². The molecule has 0 radical (unpaired) electrons. The maximum atomic E-state index is 5.59. The van der Waals surface area contributed by atoms with E-state index in [0.717, 1.165) is 45.0 Å². The van der Waals surface area contributed by atoms with Crippen molar-refractivity contribution in [3.63, 3.8) is 0 Å². The number of benzene rings is 1. The van der Waals surface area contributed by atoms with Gasteiger partial charge < -0.3 is 9.47 Å². The molecule has 5 heteroatoms. The van der Waals surface area contributed by atoms with Gasteiger partial charge in [-0.2, -0.15) is 0 Å². The summed E-state index contributed by atoms with van der Waals surface area (Å²) in [6, 6.07) is 10.3. The zero-order chi connectivity index (χ0) is 15.0. The predicted molar refractivity (Wildman–Crippen MR) is 84.1 cm³/mol. The van der Waals surface area contributed by atoms with Crippen LogP contribution in [0.25, 0.3) is 0 Å². The summed E-state index contributed by atoms with van der Waals surface area (Å²) in [4.78, 5) is 10.6. The Kier molecular flexibility index (Phi) is 5.34. The molecule has 116 valence electrons. The largest absolute Gasteiger partial charge is 0.424 e. The third-order valence-corrected chi connectivity index (χ3v) is 3.72. The number of rotatable bonds is 6. The number of ether oxygens (including phenoxy) is 2. The monoisotopic (exact) mass is 299 g/mol. The van der Waals surface area contributed by atoms with E-state index in [0.29, 0.717) is 6.01 Å². The highest BCUT2D eigenvalue weighted by Crippen LogP contribution is 2.18. The Balaban J connectivity index is 1.45. The van der Waals surface area contributed by atoms with E-state index in [2.05, 4.69) is 27.0 Å². The van der Waals surface area contributed by atoms with Crippen LogP contribution in [-0.2, 0) is 11.2 Å². The lowest BCUT2D eigenvalue weighted by molar-refractivity contribution is 0.0374. The van der Waals surface area contributed by atoms with Crippen LogP contribution in [0.4, 0.5) is 0 Å². The molecule has 5 nitrogen and oxygen atoms in total. The van der Waals surface area contributed by atoms with E-state index in [1.807, 2.05) is 12.1 Å². The molecule has 0 saturated carbocycles. The van der Waals surface area contributed by atoms with E-state index in [9.17, 15) is 0 Å². The molecule has 3 rings (SSSR count). The molecular weight excluding hydrogens is 278 g/mol. The topological polar surface area (TPSA) is 47.5 Å². The average Bonchev–Trinajstić information content (AvgIpc) is 2.58. The predicted octanol–water partition coefficient (Wildman–Crippen LogP) is 2.53. The van der Waals surface area contributed by atoms with E-state index in [1.54, 1.807) is 18.5 Å². The van der Waals surface area contributed by atoms with Gasteiger partial charge in [0.15, 0.2) is 0 Å². The SMILES string of the molecule is c1cnc(Oc2ccc(CCCN3CCOCC3)cc2)nc1. The van der Waals surface area contributed by atoms with Crippen LogP contribution in [0.2, 0.25) is 0 Å². The first-order chi connectivity index (χ1) is 10.9. The van der Waals surface area contributed by atoms with Crippen LogP contribution in [0, 0.1) is 0 Å². The number of aryl methyl sites for hydroxylation is 1. The van der Waals surface area contributed by atoms with Crippen molar-refractivity contribution in [1.82, 2.24) is 14.9 Å². The molecule has 0 N–H and O–H groups in total. The molecule has 2 heterocycles. The first-order valence-electron chi connectivity index (χ1n) is 7.74. The second kappa shape index (κ2) is 7.87. The molecule has 22 heavy (non-hydrogen) atoms. The first-order valence-corrected chi connectivity index (χ1v) is 7.74. The van der Waals surface area contributed by atoms with Gasteiger partial charge in [-0.05, 0) is 43.1 Å². The molecule has 1 aliphatic heterocycles. The van der Waals surface area contributed by atoms with Gasteiger partial charge in [-0.1, -0.05) is 12.1 Å². The van der Waals surface area contributed by atoms with Crippen molar-refractivity contribution in [2.24, 2.45) is 0 Å². The zero-order valence-electron chi connectivity index (χ0n) is 12.6. The summed E-state index contributed by atoms with van der Waals surface area (Å²) in [5.41, 5.74) is 1.33. The van der Waals surface area contributed by atoms with Crippen molar-refractivity contribution in [3.05, 3.63) is 48.3 Å². The number of morpholine rings is 1. The van der Waals surface area contributed by atoms with Gasteiger partial charge in [0.2, 0.25) is 0 Å². The second-order valence-electron chi connectivity index (χ2n) is 5.33. The first kappa shape index (κ1) is 14.9. The fourth-order valence-electron chi connectivity index (χ4n) is 2.50. The van der Waals surface area contributed by atoms with Crippen LogP contribution in [0.3, 0.4) is 0 Å². The number of hydrogen-bond acceptors (Lipinski definition) is 5. The smallest absolute Gasteiger partial charge is 0.321 e. The molecule has 0 atom stereocenters. The highest BCUT2D eigenvalue weighted by atomic mass is 16.5. The van der Waals surface area contributed by atoms with Crippen LogP contribution in [0.5, 0.6) is 11.8 Å². The van der Waals surface area contributed by atoms with Gasteiger partial charge >= 0.3 is 6.01 Å². The van der Waals surface area contributed by atoms with Crippen molar-refractivity contribution >= 4 is 0 Å². The Morgan fingerprint density at radius 2 is 1.77 bits per heavy atom. The van der Waals surface area contributed by atoms with Crippen LogP contribution in [0.15, 0.2) is 42.7 Å². The molecule has 1 aromatic heterocycles. The van der Waals surface area contributed by atoms with Crippen LogP contribution in [0.1, 0.15) is 12.0 Å². The van der Waals surface area contributed by atoms with Gasteiger partial charge in [0, 0.05) is 25.5 Å². The highest BCUT2D eigenvalue weighted by molar-refractivity contribution is 5.29. The molecule has 1 saturated heterocycles. The van der Waals surface area contributed by atoms with E-state index in [1.165, 1.54) is 12.0 Å². The van der Waals surface area contributed by atoms with Crippen molar-refractivity contribution in [1.29, 1.82) is 0 Å². The van der Waals surface area contributed by atoms with Crippen molar-refractivity contribution < 1.29 is 9.47 Å². The summed E-state index contributed by atoms with van der Waals surface area (Å²) in [6.07, 6.45) is 5.59.